The summed E-state index contributed by atoms with van der Waals surface area (Å²) >= 11 is 0. The van der Waals surface area contributed by atoms with Gasteiger partial charge in [-0.1, -0.05) is 96.6 Å². The van der Waals surface area contributed by atoms with E-state index in [1.54, 1.807) is 0 Å². The van der Waals surface area contributed by atoms with Crippen LogP contribution < -0.4 is 0 Å². The van der Waals surface area contributed by atoms with Crippen LogP contribution in [0, 0.1) is 13.5 Å². The lowest BCUT2D eigenvalue weighted by atomic mass is 10.1. The van der Waals surface area contributed by atoms with Gasteiger partial charge in [0, 0.05) is 0 Å². The molecule has 0 radical (unpaired) electrons. The minimum absolute atomic E-state index is 0.666. The summed E-state index contributed by atoms with van der Waals surface area (Å²) in [4.78, 5) is 3.46. The van der Waals surface area contributed by atoms with E-state index in [2.05, 4.69) is 78.5 Å². The summed E-state index contributed by atoms with van der Waals surface area (Å²) in [7, 11) is 0. The van der Waals surface area contributed by atoms with Crippen LogP contribution in [0.2, 0.25) is 0 Å². The molecule has 0 N–H and O–H groups in total. The second kappa shape index (κ2) is 7.95. The van der Waals surface area contributed by atoms with E-state index in [4.69, 9.17) is 6.57 Å². The Morgan fingerprint density at radius 3 is 1.64 bits per heavy atom. The summed E-state index contributed by atoms with van der Waals surface area (Å²) < 4.78 is 0. The molecular weight excluding hydrogens is 302 g/mol. The lowest BCUT2D eigenvalue weighted by molar-refractivity contribution is 1.46. The summed E-state index contributed by atoms with van der Waals surface area (Å²) in [5, 5.41) is 0. The van der Waals surface area contributed by atoms with Crippen LogP contribution in [0.25, 0.3) is 29.1 Å². The molecule has 3 aromatic rings. The first-order valence-corrected chi connectivity index (χ1v) is 8.23. The number of nitrogens with zero attached hydrogens (tertiary/aromatic N) is 1. The first kappa shape index (κ1) is 16.5. The second-order valence-electron chi connectivity index (χ2n) is 5.95. The zero-order chi connectivity index (χ0) is 17.5. The molecule has 0 heterocycles. The zero-order valence-corrected chi connectivity index (χ0v) is 14.2. The molecule has 0 aliphatic heterocycles. The number of aryl methyl sites for hydroxylation is 1. The van der Waals surface area contributed by atoms with Crippen molar-refractivity contribution in [2.75, 3.05) is 0 Å². The Morgan fingerprint density at radius 1 is 0.640 bits per heavy atom. The Hall–Kier alpha value is -3.37. The second-order valence-corrected chi connectivity index (χ2v) is 5.95. The third kappa shape index (κ3) is 4.80. The fraction of sp³-hybridized carbons (Fsp3) is 0.0417. The van der Waals surface area contributed by atoms with Crippen LogP contribution in [0.3, 0.4) is 0 Å². The Labute approximate surface area is 149 Å². The average molecular weight is 321 g/mol. The molecule has 3 aromatic carbocycles. The summed E-state index contributed by atoms with van der Waals surface area (Å²) in [6.45, 7) is 9.16. The zero-order valence-electron chi connectivity index (χ0n) is 14.2. The van der Waals surface area contributed by atoms with Gasteiger partial charge in [0.15, 0.2) is 5.69 Å². The molecule has 0 aliphatic rings. The summed E-state index contributed by atoms with van der Waals surface area (Å²) in [5.74, 6) is 0. The van der Waals surface area contributed by atoms with Crippen molar-refractivity contribution >= 4 is 30.0 Å². The third-order valence-corrected chi connectivity index (χ3v) is 3.95. The van der Waals surface area contributed by atoms with Gasteiger partial charge >= 0.3 is 0 Å². The molecule has 25 heavy (non-hydrogen) atoms. The number of hydrogen-bond acceptors (Lipinski definition) is 0. The van der Waals surface area contributed by atoms with Crippen molar-refractivity contribution in [2.24, 2.45) is 0 Å². The van der Waals surface area contributed by atoms with Gasteiger partial charge in [-0.15, -0.1) is 0 Å². The molecule has 1 heteroatoms. The maximum atomic E-state index is 7.07. The molecule has 3 rings (SSSR count). The summed E-state index contributed by atoms with van der Waals surface area (Å²) in [6.07, 6.45) is 8.35. The van der Waals surface area contributed by atoms with Gasteiger partial charge in [-0.3, -0.25) is 0 Å². The SMILES string of the molecule is [C-]#[N+]c1cccc(/C=C/c2ccc(/C=C/c3ccc(C)cc3)cc2)c1. The minimum Gasteiger partial charge on any atom is -0.238 e. The van der Waals surface area contributed by atoms with Crippen LogP contribution in [0.1, 0.15) is 27.8 Å². The van der Waals surface area contributed by atoms with Crippen molar-refractivity contribution < 1.29 is 0 Å². The Balaban J connectivity index is 1.68. The topological polar surface area (TPSA) is 4.36 Å². The number of hydrogen-bond donors (Lipinski definition) is 0. The van der Waals surface area contributed by atoms with Crippen LogP contribution in [0.4, 0.5) is 5.69 Å². The molecule has 0 saturated carbocycles. The van der Waals surface area contributed by atoms with E-state index in [1.807, 2.05) is 30.3 Å². The molecule has 0 saturated heterocycles. The van der Waals surface area contributed by atoms with E-state index in [0.29, 0.717) is 5.69 Å². The van der Waals surface area contributed by atoms with Crippen LogP contribution >= 0.6 is 0 Å². The van der Waals surface area contributed by atoms with Crippen molar-refractivity contribution in [3.8, 4) is 0 Å². The molecule has 0 unspecified atom stereocenters. The molecule has 0 fully saturated rings. The minimum atomic E-state index is 0.666. The predicted octanol–water partition coefficient (Wildman–Crippen LogP) is 6.89. The normalized spacial score (nSPS) is 11.0. The highest BCUT2D eigenvalue weighted by atomic mass is 14.6. The van der Waals surface area contributed by atoms with Crippen molar-refractivity contribution in [1.82, 2.24) is 0 Å². The molecule has 0 spiro atoms. The monoisotopic (exact) mass is 321 g/mol. The van der Waals surface area contributed by atoms with E-state index in [1.165, 1.54) is 16.7 Å². The van der Waals surface area contributed by atoms with E-state index < -0.39 is 0 Å². The molecule has 0 atom stereocenters. The lowest BCUT2D eigenvalue weighted by Gasteiger charge is -1.98. The van der Waals surface area contributed by atoms with Crippen molar-refractivity contribution in [2.45, 2.75) is 6.92 Å². The standard InChI is InChI=1S/C24H19N/c1-19-6-8-20(9-7-19)10-11-21-12-14-22(15-13-21)16-17-23-4-3-5-24(18-23)25-2/h3-18H,1H3/b11-10+,17-16+. The van der Waals surface area contributed by atoms with Gasteiger partial charge < -0.3 is 0 Å². The first-order chi connectivity index (χ1) is 12.2. The number of rotatable bonds is 4. The highest BCUT2D eigenvalue weighted by molar-refractivity contribution is 5.73. The molecule has 0 aromatic heterocycles. The van der Waals surface area contributed by atoms with Gasteiger partial charge in [-0.05, 0) is 35.2 Å². The quantitative estimate of drug-likeness (QED) is 0.364. The van der Waals surface area contributed by atoms with Gasteiger partial charge in [-0.25, -0.2) is 4.85 Å². The van der Waals surface area contributed by atoms with Gasteiger partial charge in [0.2, 0.25) is 0 Å². The van der Waals surface area contributed by atoms with E-state index in [-0.39, 0.29) is 0 Å². The van der Waals surface area contributed by atoms with E-state index in [9.17, 15) is 0 Å². The average Bonchev–Trinajstić information content (AvgIpc) is 2.67. The molecule has 1 nitrogen and oxygen atoms in total. The Kier molecular flexibility index (Phi) is 5.24. The van der Waals surface area contributed by atoms with Gasteiger partial charge in [0.1, 0.15) is 0 Å². The fourth-order valence-corrected chi connectivity index (χ4v) is 2.48. The van der Waals surface area contributed by atoms with Gasteiger partial charge in [-0.2, -0.15) is 0 Å². The predicted molar refractivity (Wildman–Crippen MR) is 108 cm³/mol. The third-order valence-electron chi connectivity index (χ3n) is 3.95. The van der Waals surface area contributed by atoms with Gasteiger partial charge in [0.05, 0.1) is 6.57 Å². The highest BCUT2D eigenvalue weighted by Gasteiger charge is 1.93. The van der Waals surface area contributed by atoms with Crippen molar-refractivity contribution in [3.05, 3.63) is 112 Å². The van der Waals surface area contributed by atoms with Gasteiger partial charge in [0.25, 0.3) is 0 Å². The Morgan fingerprint density at radius 2 is 1.12 bits per heavy atom. The van der Waals surface area contributed by atoms with Crippen molar-refractivity contribution in [1.29, 1.82) is 0 Å². The maximum absolute atomic E-state index is 7.07. The van der Waals surface area contributed by atoms with E-state index in [0.717, 1.165) is 11.1 Å². The Bertz CT molecular complexity index is 937. The molecule has 0 bridgehead atoms. The van der Waals surface area contributed by atoms with E-state index >= 15 is 0 Å². The lowest BCUT2D eigenvalue weighted by Crippen LogP contribution is -1.76. The largest absolute Gasteiger partial charge is 0.238 e. The van der Waals surface area contributed by atoms with Crippen LogP contribution in [0.5, 0.6) is 0 Å². The molecule has 0 aliphatic carbocycles. The smallest absolute Gasteiger partial charge is 0.187 e. The summed E-state index contributed by atoms with van der Waals surface area (Å²) in [6, 6.07) is 24.5. The maximum Gasteiger partial charge on any atom is 0.187 e. The highest BCUT2D eigenvalue weighted by Crippen LogP contribution is 2.17. The van der Waals surface area contributed by atoms with Crippen LogP contribution in [0.15, 0.2) is 72.8 Å². The fourth-order valence-electron chi connectivity index (χ4n) is 2.48. The molecule has 0 amide bonds. The number of benzene rings is 3. The molecule has 120 valence electrons. The first-order valence-electron chi connectivity index (χ1n) is 8.23. The summed E-state index contributed by atoms with van der Waals surface area (Å²) in [5.41, 5.74) is 6.49. The molecular formula is C24H19N. The van der Waals surface area contributed by atoms with Crippen LogP contribution in [-0.2, 0) is 0 Å². The van der Waals surface area contributed by atoms with Crippen LogP contribution in [-0.4, -0.2) is 0 Å². The van der Waals surface area contributed by atoms with Crippen molar-refractivity contribution in [3.63, 3.8) is 0 Å².